The van der Waals surface area contributed by atoms with Gasteiger partial charge in [0, 0.05) is 24.0 Å². The molecule has 0 unspecified atom stereocenters. The Balaban J connectivity index is 1.99. The summed E-state index contributed by atoms with van der Waals surface area (Å²) in [5.74, 6) is -19.6. The highest BCUT2D eigenvalue weighted by Crippen LogP contribution is 2.48. The minimum atomic E-state index is -6.44. The minimum absolute atomic E-state index is 0.375. The number of nitrogens with zero attached hydrogens (tertiary/aromatic N) is 2. The second-order valence-corrected chi connectivity index (χ2v) is 6.93. The zero-order valence-electron chi connectivity index (χ0n) is 17.1. The van der Waals surface area contributed by atoms with Gasteiger partial charge in [-0.05, 0) is 23.6 Å². The quantitative estimate of drug-likeness (QED) is 0.243. The van der Waals surface area contributed by atoms with Crippen LogP contribution in [0.15, 0.2) is 42.7 Å². The summed E-state index contributed by atoms with van der Waals surface area (Å²) in [6, 6.07) is 6.21. The Morgan fingerprint density at radius 2 is 1.61 bits per heavy atom. The molecule has 0 N–H and O–H groups in total. The van der Waals surface area contributed by atoms with Crippen molar-refractivity contribution in [3.63, 3.8) is 0 Å². The van der Waals surface area contributed by atoms with E-state index in [2.05, 4.69) is 14.7 Å². The maximum Gasteiger partial charge on any atom is 0.381 e. The normalized spacial score (nSPS) is 13.0. The van der Waals surface area contributed by atoms with Crippen molar-refractivity contribution in [3.8, 4) is 11.4 Å². The van der Waals surface area contributed by atoms with Gasteiger partial charge in [-0.15, -0.1) is 0 Å². The van der Waals surface area contributed by atoms with Crippen LogP contribution in [0.2, 0.25) is 0 Å². The van der Waals surface area contributed by atoms with E-state index in [1.165, 1.54) is 12.1 Å². The minimum Gasteiger partial charge on any atom is -0.456 e. The van der Waals surface area contributed by atoms with E-state index < -0.39 is 36.8 Å². The molecule has 33 heavy (non-hydrogen) atoms. The predicted molar refractivity (Wildman–Crippen MR) is 102 cm³/mol. The van der Waals surface area contributed by atoms with Crippen molar-refractivity contribution < 1.29 is 44.7 Å². The molecular weight excluding hydrogens is 464 g/mol. The highest BCUT2D eigenvalue weighted by Gasteiger charge is 2.75. The van der Waals surface area contributed by atoms with Gasteiger partial charge in [0.25, 0.3) is 0 Å². The van der Waals surface area contributed by atoms with Crippen LogP contribution in [0.25, 0.3) is 17.5 Å². The van der Waals surface area contributed by atoms with Crippen LogP contribution < -0.4 is 0 Å². The first-order chi connectivity index (χ1) is 15.3. The number of aryl methyl sites for hydroxylation is 1. The second kappa shape index (κ2) is 10.3. The van der Waals surface area contributed by atoms with Gasteiger partial charge in [-0.1, -0.05) is 37.6 Å². The number of ether oxygens (including phenoxy) is 1. The number of benzene rings is 1. The summed E-state index contributed by atoms with van der Waals surface area (Å²) in [6.07, 6.45) is 1.77. The van der Waals surface area contributed by atoms with Crippen molar-refractivity contribution in [2.45, 2.75) is 44.0 Å². The summed E-state index contributed by atoms with van der Waals surface area (Å²) in [5, 5.41) is 0. The Hall–Kier alpha value is -3.05. The molecule has 0 amide bonds. The molecule has 0 aliphatic carbocycles. The number of alkyl halides is 8. The fourth-order valence-electron chi connectivity index (χ4n) is 2.51. The van der Waals surface area contributed by atoms with Crippen LogP contribution in [0.4, 0.5) is 35.1 Å². The molecule has 4 nitrogen and oxygen atoms in total. The van der Waals surface area contributed by atoms with E-state index in [9.17, 15) is 39.9 Å². The first-order valence-electron chi connectivity index (χ1n) is 9.49. The molecule has 1 aromatic carbocycles. The van der Waals surface area contributed by atoms with Crippen LogP contribution >= 0.6 is 0 Å². The number of carbonyl (C=O) groups is 1. The molecular formula is C21H18F8N2O2. The molecule has 2 aromatic rings. The van der Waals surface area contributed by atoms with Gasteiger partial charge < -0.3 is 4.74 Å². The Bertz CT molecular complexity index is 961. The van der Waals surface area contributed by atoms with Gasteiger partial charge in [0.05, 0.1) is 0 Å². The Labute approximate surface area is 183 Å². The molecule has 0 bridgehead atoms. The molecule has 180 valence electrons. The lowest BCUT2D eigenvalue weighted by molar-refractivity contribution is -0.344. The summed E-state index contributed by atoms with van der Waals surface area (Å²) in [7, 11) is 0. The molecule has 2 rings (SSSR count). The zero-order valence-corrected chi connectivity index (χ0v) is 17.1. The maximum absolute atomic E-state index is 13.4. The molecule has 0 radical (unpaired) electrons. The van der Waals surface area contributed by atoms with Crippen molar-refractivity contribution in [1.82, 2.24) is 9.97 Å². The third-order valence-corrected chi connectivity index (χ3v) is 4.37. The monoisotopic (exact) mass is 482 g/mol. The summed E-state index contributed by atoms with van der Waals surface area (Å²) in [5.41, 5.74) is 1.99. The van der Waals surface area contributed by atoms with Gasteiger partial charge in [-0.3, -0.25) is 0 Å². The van der Waals surface area contributed by atoms with E-state index in [0.29, 0.717) is 23.0 Å². The highest BCUT2D eigenvalue weighted by atomic mass is 19.4. The first-order valence-corrected chi connectivity index (χ1v) is 9.49. The third kappa shape index (κ3) is 6.05. The average Bonchev–Trinajstić information content (AvgIpc) is 2.77. The first kappa shape index (κ1) is 26.2. The van der Waals surface area contributed by atoms with E-state index in [4.69, 9.17) is 0 Å². The summed E-state index contributed by atoms with van der Waals surface area (Å²) < 4.78 is 107. The van der Waals surface area contributed by atoms with Crippen LogP contribution in [-0.4, -0.2) is 46.7 Å². The third-order valence-electron chi connectivity index (χ3n) is 4.37. The number of aromatic nitrogens is 2. The molecule has 0 fully saturated rings. The van der Waals surface area contributed by atoms with Crippen LogP contribution in [0.1, 0.15) is 24.5 Å². The lowest BCUT2D eigenvalue weighted by Gasteiger charge is -2.31. The number of hydrogen-bond acceptors (Lipinski definition) is 4. The molecule has 0 spiro atoms. The smallest absolute Gasteiger partial charge is 0.381 e. The molecule has 1 aromatic heterocycles. The van der Waals surface area contributed by atoms with Crippen molar-refractivity contribution in [1.29, 1.82) is 0 Å². The molecule has 0 saturated carbocycles. The SMILES string of the molecule is CCCc1cnc(-c2ccc(C=CC(=O)OCC(F)(F)C(F)(F)C(F)(F)C(F)F)cc2)nc1. The molecule has 0 aliphatic heterocycles. The van der Waals surface area contributed by atoms with Crippen molar-refractivity contribution in [2.75, 3.05) is 6.61 Å². The Morgan fingerprint density at radius 3 is 2.12 bits per heavy atom. The molecule has 12 heteroatoms. The molecule has 0 atom stereocenters. The Kier molecular flexibility index (Phi) is 8.15. The number of rotatable bonds is 10. The van der Waals surface area contributed by atoms with Crippen molar-refractivity contribution in [2.24, 2.45) is 0 Å². The predicted octanol–water partition coefficient (Wildman–Crippen LogP) is 5.82. The summed E-state index contributed by atoms with van der Waals surface area (Å²) in [4.78, 5) is 20.0. The Morgan fingerprint density at radius 1 is 1.03 bits per heavy atom. The lowest BCUT2D eigenvalue weighted by atomic mass is 10.1. The van der Waals surface area contributed by atoms with E-state index in [1.54, 1.807) is 24.5 Å². The van der Waals surface area contributed by atoms with Crippen molar-refractivity contribution in [3.05, 3.63) is 53.9 Å². The van der Waals surface area contributed by atoms with E-state index in [-0.39, 0.29) is 0 Å². The summed E-state index contributed by atoms with van der Waals surface area (Å²) >= 11 is 0. The van der Waals surface area contributed by atoms with E-state index in [1.807, 2.05) is 6.92 Å². The number of esters is 1. The maximum atomic E-state index is 13.4. The van der Waals surface area contributed by atoms with E-state index >= 15 is 0 Å². The number of hydrogen-bond donors (Lipinski definition) is 0. The van der Waals surface area contributed by atoms with E-state index in [0.717, 1.165) is 24.5 Å². The topological polar surface area (TPSA) is 52.1 Å². The largest absolute Gasteiger partial charge is 0.456 e. The fourth-order valence-corrected chi connectivity index (χ4v) is 2.51. The lowest BCUT2D eigenvalue weighted by Crippen LogP contribution is -2.59. The van der Waals surface area contributed by atoms with Gasteiger partial charge in [-0.25, -0.2) is 23.5 Å². The number of carbonyl (C=O) groups excluding carboxylic acids is 1. The molecule has 0 aliphatic rings. The van der Waals surface area contributed by atoms with Gasteiger partial charge in [0.1, 0.15) is 0 Å². The molecule has 0 saturated heterocycles. The highest BCUT2D eigenvalue weighted by molar-refractivity contribution is 5.87. The fraction of sp³-hybridized carbons (Fsp3) is 0.381. The van der Waals surface area contributed by atoms with Crippen molar-refractivity contribution >= 4 is 12.0 Å². The zero-order chi connectivity index (χ0) is 24.9. The van der Waals surface area contributed by atoms with Gasteiger partial charge in [0.15, 0.2) is 12.4 Å². The van der Waals surface area contributed by atoms with Crippen LogP contribution in [0.3, 0.4) is 0 Å². The van der Waals surface area contributed by atoms with Gasteiger partial charge >= 0.3 is 30.2 Å². The van der Waals surface area contributed by atoms with Gasteiger partial charge in [-0.2, -0.15) is 26.3 Å². The molecule has 1 heterocycles. The van der Waals surface area contributed by atoms with Crippen LogP contribution in [0, 0.1) is 0 Å². The van der Waals surface area contributed by atoms with Crippen LogP contribution in [0.5, 0.6) is 0 Å². The van der Waals surface area contributed by atoms with Crippen LogP contribution in [-0.2, 0) is 16.0 Å². The average molecular weight is 482 g/mol. The second-order valence-electron chi connectivity index (χ2n) is 6.93. The van der Waals surface area contributed by atoms with Gasteiger partial charge in [0.2, 0.25) is 0 Å². The number of halogens is 8. The summed E-state index contributed by atoms with van der Waals surface area (Å²) in [6.45, 7) is -0.502. The standard InChI is InChI=1S/C21H18F8N2O2/c1-2-3-14-10-30-17(31-11-14)15-7-4-13(5-8-15)6-9-16(32)33-12-19(24,25)21(28,29)20(26,27)18(22)23/h4-11,18H,2-3,12H2,1H3.